The Morgan fingerprint density at radius 1 is 1.23 bits per heavy atom. The fourth-order valence-corrected chi connectivity index (χ4v) is 3.72. The highest BCUT2D eigenvalue weighted by Gasteiger charge is 2.39. The van der Waals surface area contributed by atoms with E-state index >= 15 is 0 Å². The molecule has 0 aromatic heterocycles. The van der Waals surface area contributed by atoms with Crippen LogP contribution in [0, 0.1) is 11.8 Å². The molecule has 0 radical (unpaired) electrons. The summed E-state index contributed by atoms with van der Waals surface area (Å²) in [6.07, 6.45) is 11.0. The minimum Gasteiger partial charge on any atom is -0.481 e. The Morgan fingerprint density at radius 2 is 1.92 bits per heavy atom. The zero-order valence-electron chi connectivity index (χ0n) is 16.3. The van der Waals surface area contributed by atoms with Crippen molar-refractivity contribution in [2.45, 2.75) is 96.2 Å². The van der Waals surface area contributed by atoms with Crippen LogP contribution >= 0.6 is 0 Å². The van der Waals surface area contributed by atoms with E-state index in [2.05, 4.69) is 6.92 Å². The van der Waals surface area contributed by atoms with E-state index in [1.54, 1.807) is 0 Å². The Hall–Kier alpha value is -1.20. The third kappa shape index (κ3) is 8.45. The van der Waals surface area contributed by atoms with Gasteiger partial charge in [-0.15, -0.1) is 0 Å². The Morgan fingerprint density at radius 3 is 2.58 bits per heavy atom. The Bertz CT molecular complexity index is 469. The molecule has 0 spiro atoms. The molecule has 4 atom stereocenters. The molecule has 0 amide bonds. The first-order valence-electron chi connectivity index (χ1n) is 10.1. The predicted molar refractivity (Wildman–Crippen MR) is 102 cm³/mol. The molecular formula is C21H36O5. The van der Waals surface area contributed by atoms with Crippen molar-refractivity contribution in [3.63, 3.8) is 0 Å². The lowest BCUT2D eigenvalue weighted by molar-refractivity contribution is -0.137. The molecule has 150 valence electrons. The van der Waals surface area contributed by atoms with E-state index in [1.165, 1.54) is 0 Å². The first kappa shape index (κ1) is 22.8. The molecule has 0 heterocycles. The number of carbonyl (C=O) groups is 2. The van der Waals surface area contributed by atoms with Crippen LogP contribution in [0.1, 0.15) is 84.5 Å². The number of aliphatic carboxylic acids is 1. The molecule has 5 heteroatoms. The van der Waals surface area contributed by atoms with Crippen molar-refractivity contribution in [3.05, 3.63) is 12.2 Å². The van der Waals surface area contributed by atoms with E-state index in [1.807, 2.05) is 19.1 Å². The van der Waals surface area contributed by atoms with Gasteiger partial charge in [-0.1, -0.05) is 51.2 Å². The molecular weight excluding hydrogens is 332 g/mol. The lowest BCUT2D eigenvalue weighted by atomic mass is 9.87. The number of Topliss-reactive ketones (excluding diaryl/α,β-unsaturated/α-hetero) is 1. The van der Waals surface area contributed by atoms with Crippen molar-refractivity contribution in [2.24, 2.45) is 11.8 Å². The van der Waals surface area contributed by atoms with Crippen LogP contribution in [-0.4, -0.2) is 38.8 Å². The molecule has 0 aromatic rings. The second-order valence-electron chi connectivity index (χ2n) is 8.00. The summed E-state index contributed by atoms with van der Waals surface area (Å²) in [5.41, 5.74) is -0.736. The molecule has 0 saturated heterocycles. The zero-order valence-corrected chi connectivity index (χ0v) is 16.3. The molecule has 1 aliphatic rings. The average Bonchev–Trinajstić information content (AvgIpc) is 2.82. The summed E-state index contributed by atoms with van der Waals surface area (Å²) in [6.45, 7) is 3.93. The molecule has 0 bridgehead atoms. The van der Waals surface area contributed by atoms with E-state index in [9.17, 15) is 19.8 Å². The van der Waals surface area contributed by atoms with E-state index in [0.29, 0.717) is 12.8 Å². The summed E-state index contributed by atoms with van der Waals surface area (Å²) < 4.78 is 0. The Balaban J connectivity index is 2.44. The molecule has 3 N–H and O–H groups in total. The number of unbranched alkanes of at least 4 members (excludes halogenated alkanes) is 4. The molecule has 5 nitrogen and oxygen atoms in total. The van der Waals surface area contributed by atoms with E-state index in [0.717, 1.165) is 44.9 Å². The van der Waals surface area contributed by atoms with Gasteiger partial charge in [0.15, 0.2) is 0 Å². The third-order valence-corrected chi connectivity index (χ3v) is 5.37. The number of carboxylic acids is 1. The van der Waals surface area contributed by atoms with Crippen LogP contribution in [-0.2, 0) is 9.59 Å². The minimum atomic E-state index is -0.765. The molecule has 26 heavy (non-hydrogen) atoms. The highest BCUT2D eigenvalue weighted by Crippen LogP contribution is 2.34. The van der Waals surface area contributed by atoms with Gasteiger partial charge in [-0.3, -0.25) is 9.59 Å². The summed E-state index contributed by atoms with van der Waals surface area (Å²) >= 11 is 0. The standard InChI is InChI=1S/C21H36O5/c1-3-4-13-21(2,26)14-9-11-17-16(18(22)15-19(17)23)10-7-5-6-8-12-20(24)25/h9,11,16-17,19,23,26H,3-8,10,12-15H2,1-2H3,(H,24,25)/b11-9+/t16-,17-,19?,21?/m1/s1. The third-order valence-electron chi connectivity index (χ3n) is 5.37. The molecule has 0 aliphatic heterocycles. The van der Waals surface area contributed by atoms with Crippen LogP contribution in [0.2, 0.25) is 0 Å². The van der Waals surface area contributed by atoms with Gasteiger partial charge in [0, 0.05) is 24.7 Å². The Labute approximate surface area is 157 Å². The van der Waals surface area contributed by atoms with Crippen molar-refractivity contribution in [1.82, 2.24) is 0 Å². The molecule has 1 aliphatic carbocycles. The summed E-state index contributed by atoms with van der Waals surface area (Å²) in [5, 5.41) is 29.2. The van der Waals surface area contributed by atoms with Crippen LogP contribution in [0.15, 0.2) is 12.2 Å². The van der Waals surface area contributed by atoms with Gasteiger partial charge in [-0.2, -0.15) is 0 Å². The Kier molecular flexibility index (Phi) is 10.1. The van der Waals surface area contributed by atoms with E-state index in [4.69, 9.17) is 5.11 Å². The summed E-state index contributed by atoms with van der Waals surface area (Å²) in [4.78, 5) is 22.7. The molecule has 2 unspecified atom stereocenters. The van der Waals surface area contributed by atoms with Gasteiger partial charge in [0.2, 0.25) is 0 Å². The predicted octanol–water partition coefficient (Wildman–Crippen LogP) is 3.87. The second kappa shape index (κ2) is 11.5. The lowest BCUT2D eigenvalue weighted by Gasteiger charge is -2.22. The highest BCUT2D eigenvalue weighted by atomic mass is 16.4. The van der Waals surface area contributed by atoms with Gasteiger partial charge in [0.05, 0.1) is 11.7 Å². The summed E-state index contributed by atoms with van der Waals surface area (Å²) in [5.74, 6) is -0.959. The van der Waals surface area contributed by atoms with Crippen LogP contribution in [0.25, 0.3) is 0 Å². The summed E-state index contributed by atoms with van der Waals surface area (Å²) in [6, 6.07) is 0. The van der Waals surface area contributed by atoms with E-state index < -0.39 is 17.7 Å². The highest BCUT2D eigenvalue weighted by molar-refractivity contribution is 5.84. The number of hydrogen-bond acceptors (Lipinski definition) is 4. The largest absolute Gasteiger partial charge is 0.481 e. The SMILES string of the molecule is CCCCC(C)(O)C/C=C/[C@H]1C(O)CC(=O)[C@@H]1CCCCCCC(=O)O. The number of aliphatic hydroxyl groups is 2. The van der Waals surface area contributed by atoms with Crippen LogP contribution < -0.4 is 0 Å². The maximum absolute atomic E-state index is 12.2. The van der Waals surface area contributed by atoms with Crippen LogP contribution in [0.3, 0.4) is 0 Å². The van der Waals surface area contributed by atoms with Gasteiger partial charge < -0.3 is 15.3 Å². The molecule has 1 saturated carbocycles. The average molecular weight is 369 g/mol. The smallest absolute Gasteiger partial charge is 0.303 e. The molecule has 1 rings (SSSR count). The van der Waals surface area contributed by atoms with Crippen LogP contribution in [0.5, 0.6) is 0 Å². The van der Waals surface area contributed by atoms with Gasteiger partial charge in [0.25, 0.3) is 0 Å². The number of carbonyl (C=O) groups excluding carboxylic acids is 1. The number of rotatable bonds is 13. The van der Waals surface area contributed by atoms with Gasteiger partial charge in [-0.25, -0.2) is 0 Å². The first-order valence-corrected chi connectivity index (χ1v) is 10.1. The van der Waals surface area contributed by atoms with Crippen molar-refractivity contribution in [2.75, 3.05) is 0 Å². The minimum absolute atomic E-state index is 0.121. The quantitative estimate of drug-likeness (QED) is 0.339. The fraction of sp³-hybridized carbons (Fsp3) is 0.810. The number of carboxylic acid groups (broad SMARTS) is 1. The fourth-order valence-electron chi connectivity index (χ4n) is 3.72. The van der Waals surface area contributed by atoms with Gasteiger partial charge >= 0.3 is 5.97 Å². The normalized spacial score (nSPS) is 25.7. The van der Waals surface area contributed by atoms with Crippen LogP contribution in [0.4, 0.5) is 0 Å². The number of ketones is 1. The van der Waals surface area contributed by atoms with E-state index in [-0.39, 0.29) is 30.5 Å². The second-order valence-corrected chi connectivity index (χ2v) is 8.00. The monoisotopic (exact) mass is 368 g/mol. The van der Waals surface area contributed by atoms with Crippen molar-refractivity contribution < 1.29 is 24.9 Å². The first-order chi connectivity index (χ1) is 12.3. The van der Waals surface area contributed by atoms with Crippen molar-refractivity contribution in [1.29, 1.82) is 0 Å². The summed E-state index contributed by atoms with van der Waals surface area (Å²) in [7, 11) is 0. The van der Waals surface area contributed by atoms with Gasteiger partial charge in [-0.05, 0) is 32.6 Å². The number of aliphatic hydroxyl groups excluding tert-OH is 1. The molecule has 0 aromatic carbocycles. The number of hydrogen-bond donors (Lipinski definition) is 3. The zero-order chi connectivity index (χ0) is 19.6. The van der Waals surface area contributed by atoms with Gasteiger partial charge in [0.1, 0.15) is 5.78 Å². The van der Waals surface area contributed by atoms with Crippen molar-refractivity contribution >= 4 is 11.8 Å². The lowest BCUT2D eigenvalue weighted by Crippen LogP contribution is -2.23. The van der Waals surface area contributed by atoms with Crippen molar-refractivity contribution in [3.8, 4) is 0 Å². The maximum Gasteiger partial charge on any atom is 0.303 e. The molecule has 1 fully saturated rings. The maximum atomic E-state index is 12.2. The topological polar surface area (TPSA) is 94.8 Å².